The molecule has 0 bridgehead atoms. The van der Waals surface area contributed by atoms with E-state index in [2.05, 4.69) is 4.98 Å². The highest BCUT2D eigenvalue weighted by Gasteiger charge is 2.36. The summed E-state index contributed by atoms with van der Waals surface area (Å²) < 4.78 is 10.9. The lowest BCUT2D eigenvalue weighted by molar-refractivity contribution is 0.0705. The Morgan fingerprint density at radius 1 is 1.17 bits per heavy atom. The van der Waals surface area contributed by atoms with E-state index < -0.39 is 18.3 Å². The predicted octanol–water partition coefficient (Wildman–Crippen LogP) is 1.84. The molecule has 1 aromatic carbocycles. The second-order valence-corrected chi connectivity index (χ2v) is 5.34. The van der Waals surface area contributed by atoms with Crippen LogP contribution >= 0.6 is 0 Å². The first-order valence-electron chi connectivity index (χ1n) is 7.44. The van der Waals surface area contributed by atoms with Gasteiger partial charge in [0.2, 0.25) is 5.88 Å². The average Bonchev–Trinajstić information content (AvgIpc) is 2.95. The number of amides is 1. The van der Waals surface area contributed by atoms with Crippen LogP contribution in [0.2, 0.25) is 0 Å². The molecule has 2 atom stereocenters. The molecule has 1 N–H and O–H groups in total. The Morgan fingerprint density at radius 2 is 1.96 bits per heavy atom. The van der Waals surface area contributed by atoms with Crippen molar-refractivity contribution in [3.05, 3.63) is 60.3 Å². The van der Waals surface area contributed by atoms with Crippen LogP contribution in [0.3, 0.4) is 0 Å². The monoisotopic (exact) mass is 314 g/mol. The van der Waals surface area contributed by atoms with E-state index in [-0.39, 0.29) is 19.7 Å². The van der Waals surface area contributed by atoms with Crippen molar-refractivity contribution < 1.29 is 19.4 Å². The van der Waals surface area contributed by atoms with Gasteiger partial charge in [-0.3, -0.25) is 0 Å². The van der Waals surface area contributed by atoms with Crippen molar-refractivity contribution in [3.8, 4) is 5.88 Å². The van der Waals surface area contributed by atoms with E-state index in [9.17, 15) is 9.90 Å². The summed E-state index contributed by atoms with van der Waals surface area (Å²) in [5.74, 6) is 0.427. The zero-order chi connectivity index (χ0) is 16.1. The molecule has 0 saturated carbocycles. The zero-order valence-electron chi connectivity index (χ0n) is 12.5. The molecule has 1 aliphatic heterocycles. The molecule has 2 heterocycles. The first-order chi connectivity index (χ1) is 11.2. The molecule has 0 radical (unpaired) electrons. The number of nitrogens with zero attached hydrogens (tertiary/aromatic N) is 2. The van der Waals surface area contributed by atoms with Crippen LogP contribution in [0.25, 0.3) is 0 Å². The van der Waals surface area contributed by atoms with Gasteiger partial charge in [0.05, 0.1) is 13.1 Å². The number of carbonyl (C=O) groups excluding carboxylic acids is 1. The van der Waals surface area contributed by atoms with Crippen LogP contribution < -0.4 is 4.74 Å². The molecule has 1 fully saturated rings. The first kappa shape index (κ1) is 15.3. The summed E-state index contributed by atoms with van der Waals surface area (Å²) in [6.45, 7) is 0.661. The van der Waals surface area contributed by atoms with Crippen LogP contribution in [0.1, 0.15) is 5.56 Å². The van der Waals surface area contributed by atoms with E-state index in [0.717, 1.165) is 5.56 Å². The van der Waals surface area contributed by atoms with Gasteiger partial charge in [0.15, 0.2) is 0 Å². The fraction of sp³-hybridized carbons (Fsp3) is 0.294. The topological polar surface area (TPSA) is 71.9 Å². The van der Waals surface area contributed by atoms with E-state index in [1.807, 2.05) is 30.3 Å². The number of benzene rings is 1. The third kappa shape index (κ3) is 3.98. The van der Waals surface area contributed by atoms with Crippen molar-refractivity contribution in [3.63, 3.8) is 0 Å². The van der Waals surface area contributed by atoms with Gasteiger partial charge in [-0.1, -0.05) is 36.4 Å². The lowest BCUT2D eigenvalue weighted by Crippen LogP contribution is -2.31. The second-order valence-electron chi connectivity index (χ2n) is 5.34. The van der Waals surface area contributed by atoms with Gasteiger partial charge in [0.1, 0.15) is 18.8 Å². The maximum atomic E-state index is 12.1. The lowest BCUT2D eigenvalue weighted by atomic mass is 10.2. The number of pyridine rings is 1. The Morgan fingerprint density at radius 3 is 2.70 bits per heavy atom. The Labute approximate surface area is 134 Å². The summed E-state index contributed by atoms with van der Waals surface area (Å²) >= 11 is 0. The van der Waals surface area contributed by atoms with Crippen LogP contribution in [-0.4, -0.2) is 46.4 Å². The van der Waals surface area contributed by atoms with Gasteiger partial charge in [-0.15, -0.1) is 0 Å². The number of aliphatic hydroxyl groups excluding tert-OH is 1. The maximum Gasteiger partial charge on any atom is 0.410 e. The maximum absolute atomic E-state index is 12.1. The lowest BCUT2D eigenvalue weighted by Gasteiger charge is -2.16. The van der Waals surface area contributed by atoms with Crippen LogP contribution in [0.15, 0.2) is 54.7 Å². The minimum absolute atomic E-state index is 0.186. The number of aliphatic hydroxyl groups is 1. The largest absolute Gasteiger partial charge is 0.470 e. The predicted molar refractivity (Wildman–Crippen MR) is 82.9 cm³/mol. The smallest absolute Gasteiger partial charge is 0.410 e. The van der Waals surface area contributed by atoms with E-state index in [1.54, 1.807) is 24.4 Å². The van der Waals surface area contributed by atoms with E-state index in [0.29, 0.717) is 5.88 Å². The Bertz CT molecular complexity index is 636. The summed E-state index contributed by atoms with van der Waals surface area (Å²) in [5.41, 5.74) is 0.918. The van der Waals surface area contributed by atoms with Crippen molar-refractivity contribution in [2.45, 2.75) is 18.8 Å². The number of hydrogen-bond acceptors (Lipinski definition) is 5. The molecule has 1 aromatic heterocycles. The molecule has 2 unspecified atom stereocenters. The molecule has 6 heteroatoms. The van der Waals surface area contributed by atoms with Gasteiger partial charge in [-0.25, -0.2) is 9.78 Å². The van der Waals surface area contributed by atoms with Crippen molar-refractivity contribution in [2.75, 3.05) is 13.1 Å². The number of likely N-dealkylation sites (tertiary alicyclic amines) is 1. The average molecular weight is 314 g/mol. The van der Waals surface area contributed by atoms with Crippen LogP contribution in [0, 0.1) is 0 Å². The molecule has 120 valence electrons. The molecular formula is C17H18N2O4. The quantitative estimate of drug-likeness (QED) is 0.932. The molecular weight excluding hydrogens is 296 g/mol. The molecule has 3 rings (SSSR count). The third-order valence-electron chi connectivity index (χ3n) is 3.61. The minimum atomic E-state index is -0.763. The molecule has 23 heavy (non-hydrogen) atoms. The van der Waals surface area contributed by atoms with Crippen LogP contribution in [0.5, 0.6) is 5.88 Å². The van der Waals surface area contributed by atoms with E-state index >= 15 is 0 Å². The highest BCUT2D eigenvalue weighted by Crippen LogP contribution is 2.18. The Balaban J connectivity index is 1.52. The third-order valence-corrected chi connectivity index (χ3v) is 3.61. The van der Waals surface area contributed by atoms with Gasteiger partial charge in [-0.05, 0) is 11.6 Å². The van der Waals surface area contributed by atoms with Gasteiger partial charge in [0, 0.05) is 12.3 Å². The summed E-state index contributed by atoms with van der Waals surface area (Å²) in [4.78, 5) is 17.6. The molecule has 6 nitrogen and oxygen atoms in total. The highest BCUT2D eigenvalue weighted by atomic mass is 16.6. The zero-order valence-corrected chi connectivity index (χ0v) is 12.5. The number of hydrogen-bond donors (Lipinski definition) is 1. The first-order valence-corrected chi connectivity index (χ1v) is 7.44. The fourth-order valence-electron chi connectivity index (χ4n) is 2.40. The number of aromatic nitrogens is 1. The number of ether oxygens (including phenoxy) is 2. The SMILES string of the molecule is O=C(OCc1ccccc1)N1CC(O)C(Oc2ccccn2)C1. The highest BCUT2D eigenvalue weighted by molar-refractivity contribution is 5.68. The van der Waals surface area contributed by atoms with Crippen LogP contribution in [0.4, 0.5) is 4.79 Å². The molecule has 2 aromatic rings. The van der Waals surface area contributed by atoms with Gasteiger partial charge < -0.3 is 19.5 Å². The van der Waals surface area contributed by atoms with E-state index in [4.69, 9.17) is 9.47 Å². The van der Waals surface area contributed by atoms with E-state index in [1.165, 1.54) is 4.90 Å². The van der Waals surface area contributed by atoms with Crippen molar-refractivity contribution in [2.24, 2.45) is 0 Å². The van der Waals surface area contributed by atoms with Crippen molar-refractivity contribution in [1.29, 1.82) is 0 Å². The number of carbonyl (C=O) groups is 1. The van der Waals surface area contributed by atoms with Gasteiger partial charge in [-0.2, -0.15) is 0 Å². The molecule has 0 aliphatic carbocycles. The van der Waals surface area contributed by atoms with Gasteiger partial charge in [0.25, 0.3) is 0 Å². The van der Waals surface area contributed by atoms with Crippen molar-refractivity contribution in [1.82, 2.24) is 9.88 Å². The number of rotatable bonds is 4. The summed E-state index contributed by atoms with van der Waals surface area (Å²) in [6, 6.07) is 14.8. The van der Waals surface area contributed by atoms with Gasteiger partial charge >= 0.3 is 6.09 Å². The summed E-state index contributed by atoms with van der Waals surface area (Å²) in [5, 5.41) is 10.1. The molecule has 1 amide bonds. The van der Waals surface area contributed by atoms with Crippen LogP contribution in [-0.2, 0) is 11.3 Å². The summed E-state index contributed by atoms with van der Waals surface area (Å²) in [6.07, 6.45) is -0.113. The molecule has 1 saturated heterocycles. The van der Waals surface area contributed by atoms with Crippen molar-refractivity contribution >= 4 is 6.09 Å². The fourth-order valence-corrected chi connectivity index (χ4v) is 2.40. The number of β-amino-alcohol motifs (C(OH)–C–C–N with tert-alkyl or cyclic N) is 1. The minimum Gasteiger partial charge on any atom is -0.470 e. The second kappa shape index (κ2) is 7.11. The Kier molecular flexibility index (Phi) is 4.73. The molecule has 1 aliphatic rings. The Hall–Kier alpha value is -2.60. The summed E-state index contributed by atoms with van der Waals surface area (Å²) in [7, 11) is 0. The normalized spacial score (nSPS) is 20.3. The molecule has 0 spiro atoms. The standard InChI is InChI=1S/C17H18N2O4/c20-14-10-19(11-15(14)23-16-8-4-5-9-18-16)17(21)22-12-13-6-2-1-3-7-13/h1-9,14-15,20H,10-12H2.